The Balaban J connectivity index is 1.65. The van der Waals surface area contributed by atoms with Crippen LogP contribution in [-0.4, -0.2) is 28.5 Å². The van der Waals surface area contributed by atoms with Gasteiger partial charge in [-0.3, -0.25) is 4.79 Å². The van der Waals surface area contributed by atoms with Gasteiger partial charge < -0.3 is 14.5 Å². The Morgan fingerprint density at radius 1 is 1.23 bits per heavy atom. The maximum Gasteiger partial charge on any atom is 0.277 e. The van der Waals surface area contributed by atoms with Crippen LogP contribution in [0.25, 0.3) is 11.5 Å². The Morgan fingerprint density at radius 3 is 2.81 bits per heavy atom. The van der Waals surface area contributed by atoms with Gasteiger partial charge in [0.05, 0.1) is 17.9 Å². The van der Waals surface area contributed by atoms with Gasteiger partial charge in [-0.2, -0.15) is 0 Å². The summed E-state index contributed by atoms with van der Waals surface area (Å²) < 4.78 is 11.7. The van der Waals surface area contributed by atoms with Crippen molar-refractivity contribution in [3.05, 3.63) is 53.0 Å². The molecular formula is C18H16BrN3O3S. The molecule has 3 aromatic rings. The molecule has 0 bridgehead atoms. The second-order valence-corrected chi connectivity index (χ2v) is 7.48. The quantitative estimate of drug-likeness (QED) is 0.571. The number of benzene rings is 2. The molecule has 0 radical (unpaired) electrons. The first-order valence-corrected chi connectivity index (χ1v) is 9.44. The van der Waals surface area contributed by atoms with Crippen LogP contribution >= 0.6 is 27.7 Å². The minimum absolute atomic E-state index is 0.163. The van der Waals surface area contributed by atoms with E-state index in [0.29, 0.717) is 22.6 Å². The standard InChI is InChI=1S/C18H16BrN3O3S/c1-11(16(23)20-12-6-5-7-13(10-12)24-2)26-18-22-21-17(25-18)14-8-3-4-9-15(14)19/h3-11H,1-2H3,(H,20,23)/t11-/m1/s1. The van der Waals surface area contributed by atoms with Crippen molar-refractivity contribution in [1.29, 1.82) is 0 Å². The largest absolute Gasteiger partial charge is 0.497 e. The molecule has 0 aliphatic rings. The molecule has 0 unspecified atom stereocenters. The summed E-state index contributed by atoms with van der Waals surface area (Å²) in [5, 5.41) is 10.8. The average molecular weight is 434 g/mol. The molecule has 1 heterocycles. The average Bonchev–Trinajstić information content (AvgIpc) is 3.10. The molecule has 2 aromatic carbocycles. The lowest BCUT2D eigenvalue weighted by molar-refractivity contribution is -0.115. The molecule has 8 heteroatoms. The summed E-state index contributed by atoms with van der Waals surface area (Å²) in [7, 11) is 1.58. The normalized spacial score (nSPS) is 11.8. The Labute approximate surface area is 163 Å². The van der Waals surface area contributed by atoms with E-state index >= 15 is 0 Å². The van der Waals surface area contributed by atoms with Gasteiger partial charge >= 0.3 is 0 Å². The highest BCUT2D eigenvalue weighted by Gasteiger charge is 2.19. The van der Waals surface area contributed by atoms with Crippen LogP contribution in [0.5, 0.6) is 5.75 Å². The lowest BCUT2D eigenvalue weighted by atomic mass is 10.2. The number of rotatable bonds is 6. The first-order chi connectivity index (χ1) is 12.6. The summed E-state index contributed by atoms with van der Waals surface area (Å²) in [5.41, 5.74) is 1.47. The molecule has 0 spiro atoms. The van der Waals surface area contributed by atoms with E-state index in [1.54, 1.807) is 26.2 Å². The topological polar surface area (TPSA) is 77.2 Å². The van der Waals surface area contributed by atoms with Crippen LogP contribution in [0.4, 0.5) is 5.69 Å². The minimum Gasteiger partial charge on any atom is -0.497 e. The van der Waals surface area contributed by atoms with Gasteiger partial charge in [0.2, 0.25) is 11.8 Å². The highest BCUT2D eigenvalue weighted by atomic mass is 79.9. The highest BCUT2D eigenvalue weighted by Crippen LogP contribution is 2.30. The summed E-state index contributed by atoms with van der Waals surface area (Å²) in [6, 6.07) is 14.8. The van der Waals surface area contributed by atoms with Crippen molar-refractivity contribution in [3.63, 3.8) is 0 Å². The van der Waals surface area contributed by atoms with E-state index in [-0.39, 0.29) is 5.91 Å². The molecule has 0 saturated heterocycles. The summed E-state index contributed by atoms with van der Waals surface area (Å²) in [6.45, 7) is 1.78. The lowest BCUT2D eigenvalue weighted by Crippen LogP contribution is -2.22. The van der Waals surface area contributed by atoms with Crippen LogP contribution in [0, 0.1) is 0 Å². The van der Waals surface area contributed by atoms with Crippen molar-refractivity contribution in [2.75, 3.05) is 12.4 Å². The van der Waals surface area contributed by atoms with Gasteiger partial charge in [0, 0.05) is 16.2 Å². The van der Waals surface area contributed by atoms with Crippen molar-refractivity contribution in [2.24, 2.45) is 0 Å². The number of hydrogen-bond donors (Lipinski definition) is 1. The Bertz CT molecular complexity index is 916. The van der Waals surface area contributed by atoms with E-state index in [9.17, 15) is 4.79 Å². The molecule has 26 heavy (non-hydrogen) atoms. The van der Waals surface area contributed by atoms with Gasteiger partial charge in [0.25, 0.3) is 5.22 Å². The molecule has 0 aliphatic heterocycles. The summed E-state index contributed by atoms with van der Waals surface area (Å²) in [6.07, 6.45) is 0. The molecule has 1 atom stereocenters. The number of hydrogen-bond acceptors (Lipinski definition) is 6. The second-order valence-electron chi connectivity index (χ2n) is 5.33. The molecule has 6 nitrogen and oxygen atoms in total. The fourth-order valence-corrected chi connectivity index (χ4v) is 3.29. The molecule has 1 aromatic heterocycles. The number of aromatic nitrogens is 2. The van der Waals surface area contributed by atoms with Crippen molar-refractivity contribution in [2.45, 2.75) is 17.4 Å². The minimum atomic E-state index is -0.409. The Kier molecular flexibility index (Phi) is 5.95. The first kappa shape index (κ1) is 18.5. The number of carbonyl (C=O) groups excluding carboxylic acids is 1. The molecule has 0 aliphatic carbocycles. The lowest BCUT2D eigenvalue weighted by Gasteiger charge is -2.10. The van der Waals surface area contributed by atoms with Crippen LogP contribution in [0.2, 0.25) is 0 Å². The van der Waals surface area contributed by atoms with E-state index in [4.69, 9.17) is 9.15 Å². The van der Waals surface area contributed by atoms with Gasteiger partial charge in [-0.1, -0.05) is 30.0 Å². The summed E-state index contributed by atoms with van der Waals surface area (Å²) in [5.74, 6) is 0.919. The fourth-order valence-electron chi connectivity index (χ4n) is 2.15. The van der Waals surface area contributed by atoms with Crippen LogP contribution in [0.3, 0.4) is 0 Å². The first-order valence-electron chi connectivity index (χ1n) is 7.77. The maximum absolute atomic E-state index is 12.4. The van der Waals surface area contributed by atoms with Crippen molar-refractivity contribution >= 4 is 39.3 Å². The number of nitrogens with zero attached hydrogens (tertiary/aromatic N) is 2. The third kappa shape index (κ3) is 4.44. The molecule has 1 amide bonds. The van der Waals surface area contributed by atoms with Gasteiger partial charge in [-0.15, -0.1) is 10.2 Å². The van der Waals surface area contributed by atoms with E-state index in [1.165, 1.54) is 11.8 Å². The van der Waals surface area contributed by atoms with Crippen molar-refractivity contribution in [1.82, 2.24) is 10.2 Å². The summed E-state index contributed by atoms with van der Waals surface area (Å²) in [4.78, 5) is 12.4. The predicted molar refractivity (Wildman–Crippen MR) is 104 cm³/mol. The van der Waals surface area contributed by atoms with E-state index in [1.807, 2.05) is 36.4 Å². The van der Waals surface area contributed by atoms with E-state index in [2.05, 4.69) is 31.4 Å². The number of amides is 1. The number of halogens is 1. The molecule has 0 fully saturated rings. The second kappa shape index (κ2) is 8.37. The smallest absolute Gasteiger partial charge is 0.277 e. The van der Waals surface area contributed by atoms with Crippen molar-refractivity contribution in [3.8, 4) is 17.2 Å². The van der Waals surface area contributed by atoms with E-state index < -0.39 is 5.25 Å². The van der Waals surface area contributed by atoms with Crippen LogP contribution in [-0.2, 0) is 4.79 Å². The number of thioether (sulfide) groups is 1. The number of ether oxygens (including phenoxy) is 1. The van der Waals surface area contributed by atoms with Crippen LogP contribution < -0.4 is 10.1 Å². The number of carbonyl (C=O) groups is 1. The van der Waals surface area contributed by atoms with Gasteiger partial charge in [0.15, 0.2) is 0 Å². The summed E-state index contributed by atoms with van der Waals surface area (Å²) >= 11 is 4.66. The zero-order chi connectivity index (χ0) is 18.5. The van der Waals surface area contributed by atoms with Gasteiger partial charge in [-0.05, 0) is 47.1 Å². The van der Waals surface area contributed by atoms with Crippen LogP contribution in [0.1, 0.15) is 6.92 Å². The SMILES string of the molecule is COc1cccc(NC(=O)[C@@H](C)Sc2nnc(-c3ccccc3Br)o2)c1. The molecule has 1 N–H and O–H groups in total. The highest BCUT2D eigenvalue weighted by molar-refractivity contribution is 9.10. The molecule has 134 valence electrons. The zero-order valence-corrected chi connectivity index (χ0v) is 16.5. The maximum atomic E-state index is 12.4. The van der Waals surface area contributed by atoms with Gasteiger partial charge in [0.1, 0.15) is 5.75 Å². The third-order valence-electron chi connectivity index (χ3n) is 3.49. The fraction of sp³-hybridized carbons (Fsp3) is 0.167. The molecule has 0 saturated carbocycles. The van der Waals surface area contributed by atoms with Crippen LogP contribution in [0.15, 0.2) is 62.6 Å². The Hall–Kier alpha value is -2.32. The Morgan fingerprint density at radius 2 is 2.04 bits per heavy atom. The molecular weight excluding hydrogens is 418 g/mol. The van der Waals surface area contributed by atoms with Crippen molar-refractivity contribution < 1.29 is 13.9 Å². The number of anilines is 1. The zero-order valence-electron chi connectivity index (χ0n) is 14.1. The number of nitrogens with one attached hydrogen (secondary N) is 1. The van der Waals surface area contributed by atoms with E-state index in [0.717, 1.165) is 10.0 Å². The monoisotopic (exact) mass is 433 g/mol. The third-order valence-corrected chi connectivity index (χ3v) is 5.12. The predicted octanol–water partition coefficient (Wildman–Crippen LogP) is 4.63. The molecule has 3 rings (SSSR count). The number of methoxy groups -OCH3 is 1. The van der Waals surface area contributed by atoms with Gasteiger partial charge in [-0.25, -0.2) is 0 Å².